The highest BCUT2D eigenvalue weighted by Gasteiger charge is 2.12. The number of hydrogen-bond acceptors (Lipinski definition) is 2. The molecule has 0 aliphatic heterocycles. The molecule has 29 heavy (non-hydrogen) atoms. The van der Waals surface area contributed by atoms with Gasteiger partial charge in [0.2, 0.25) is 0 Å². The van der Waals surface area contributed by atoms with Gasteiger partial charge in [0.25, 0.3) is 0 Å². The molecule has 2 N–H and O–H groups in total. The number of aromatic carboxylic acids is 1. The van der Waals surface area contributed by atoms with Gasteiger partial charge in [-0.15, -0.1) is 0 Å². The van der Waals surface area contributed by atoms with Gasteiger partial charge in [-0.1, -0.05) is 60.2 Å². The zero-order chi connectivity index (χ0) is 20.4. The maximum absolute atomic E-state index is 12.8. The van der Waals surface area contributed by atoms with E-state index in [0.717, 1.165) is 33.2 Å². The summed E-state index contributed by atoms with van der Waals surface area (Å²) in [5, 5.41) is 11.2. The van der Waals surface area contributed by atoms with E-state index in [4.69, 9.17) is 0 Å². The number of carboxylic acid groups (broad SMARTS) is 1. The van der Waals surface area contributed by atoms with E-state index in [1.807, 2.05) is 73.7 Å². The van der Waals surface area contributed by atoms with Gasteiger partial charge < -0.3 is 9.83 Å². The van der Waals surface area contributed by atoms with Gasteiger partial charge in [-0.3, -0.25) is 0 Å². The zero-order valence-electron chi connectivity index (χ0n) is 15.8. The van der Waals surface area contributed by atoms with Gasteiger partial charge >= 0.3 is 5.97 Å². The molecule has 0 aromatic heterocycles. The number of hydrogen-bond donors (Lipinski definition) is 2. The summed E-state index contributed by atoms with van der Waals surface area (Å²) in [6, 6.07) is 26.1. The summed E-state index contributed by atoms with van der Waals surface area (Å²) < 4.78 is 15.9. The summed E-state index contributed by atoms with van der Waals surface area (Å²) in [5.41, 5.74) is 3.87. The third-order valence-electron chi connectivity index (χ3n) is 4.78. The fourth-order valence-corrected chi connectivity index (χ4v) is 4.16. The van der Waals surface area contributed by atoms with Crippen molar-refractivity contribution in [3.63, 3.8) is 0 Å². The second-order valence-electron chi connectivity index (χ2n) is 6.78. The molecule has 0 aliphatic carbocycles. The molecule has 0 aliphatic rings. The van der Waals surface area contributed by atoms with Crippen LogP contribution in [0.2, 0.25) is 0 Å². The Morgan fingerprint density at radius 3 is 2.31 bits per heavy atom. The van der Waals surface area contributed by atoms with Gasteiger partial charge in [0.1, 0.15) is 11.0 Å². The summed E-state index contributed by atoms with van der Waals surface area (Å²) in [6.07, 6.45) is 0. The first-order chi connectivity index (χ1) is 14.0. The molecule has 4 nitrogen and oxygen atoms in total. The van der Waals surface area contributed by atoms with Gasteiger partial charge in [-0.25, -0.2) is 9.00 Å². The van der Waals surface area contributed by atoms with Gasteiger partial charge in [0.05, 0.1) is 16.1 Å². The molecule has 0 saturated carbocycles. The van der Waals surface area contributed by atoms with Gasteiger partial charge in [-0.2, -0.15) is 0 Å². The first-order valence-corrected chi connectivity index (χ1v) is 10.3. The van der Waals surface area contributed by atoms with E-state index in [9.17, 15) is 14.1 Å². The summed E-state index contributed by atoms with van der Waals surface area (Å²) in [7, 11) is -1.39. The minimum Gasteiger partial charge on any atom is -0.478 e. The highest BCUT2D eigenvalue weighted by Crippen LogP contribution is 2.34. The summed E-state index contributed by atoms with van der Waals surface area (Å²) in [4.78, 5) is 12.0. The molecule has 0 heterocycles. The molecule has 4 aromatic carbocycles. The lowest BCUT2D eigenvalue weighted by molar-refractivity contribution is 0.0697. The van der Waals surface area contributed by atoms with E-state index in [0.29, 0.717) is 4.90 Å². The van der Waals surface area contributed by atoms with Gasteiger partial charge in [-0.05, 0) is 53.8 Å². The average molecular weight is 401 g/mol. The van der Waals surface area contributed by atoms with E-state index in [2.05, 4.69) is 4.72 Å². The Morgan fingerprint density at radius 1 is 0.862 bits per heavy atom. The van der Waals surface area contributed by atoms with E-state index in [1.54, 1.807) is 18.2 Å². The van der Waals surface area contributed by atoms with Crippen LogP contribution in [-0.2, 0) is 11.0 Å². The fourth-order valence-electron chi connectivity index (χ4n) is 3.28. The minimum absolute atomic E-state index is 0.245. The first kappa shape index (κ1) is 18.9. The minimum atomic E-state index is -1.39. The highest BCUT2D eigenvalue weighted by atomic mass is 32.2. The normalized spacial score (nSPS) is 11.9. The molecule has 1 atom stereocenters. The second-order valence-corrected chi connectivity index (χ2v) is 7.99. The van der Waals surface area contributed by atoms with E-state index >= 15 is 0 Å². The molecule has 5 heteroatoms. The Bertz CT molecular complexity index is 1230. The van der Waals surface area contributed by atoms with Crippen LogP contribution in [-0.4, -0.2) is 15.3 Å². The highest BCUT2D eigenvalue weighted by molar-refractivity contribution is 7.86. The van der Waals surface area contributed by atoms with Crippen LogP contribution in [0.4, 0.5) is 5.69 Å². The van der Waals surface area contributed by atoms with Crippen molar-refractivity contribution in [1.29, 1.82) is 0 Å². The van der Waals surface area contributed by atoms with Crippen LogP contribution >= 0.6 is 0 Å². The fraction of sp³-hybridized carbons (Fsp3) is 0.0417. The number of carbonyl (C=O) groups is 1. The van der Waals surface area contributed by atoms with E-state index in [1.165, 1.54) is 0 Å². The average Bonchev–Trinajstić information content (AvgIpc) is 2.74. The third-order valence-corrected chi connectivity index (χ3v) is 5.89. The van der Waals surface area contributed by atoms with Crippen LogP contribution in [0, 0.1) is 6.92 Å². The molecule has 4 rings (SSSR count). The van der Waals surface area contributed by atoms with Crippen LogP contribution in [0.1, 0.15) is 15.9 Å². The molecule has 0 fully saturated rings. The Hall–Kier alpha value is -3.44. The maximum Gasteiger partial charge on any atom is 0.335 e. The number of benzene rings is 4. The number of nitrogens with one attached hydrogen (secondary N) is 1. The molecule has 144 valence electrons. The van der Waals surface area contributed by atoms with Crippen molar-refractivity contribution < 1.29 is 14.1 Å². The Morgan fingerprint density at radius 2 is 1.59 bits per heavy atom. The number of carboxylic acids is 1. The smallest absolute Gasteiger partial charge is 0.335 e. The van der Waals surface area contributed by atoms with E-state index in [-0.39, 0.29) is 5.56 Å². The molecule has 0 radical (unpaired) electrons. The van der Waals surface area contributed by atoms with Crippen molar-refractivity contribution in [1.82, 2.24) is 0 Å². The van der Waals surface area contributed by atoms with E-state index < -0.39 is 17.0 Å². The molecular formula is C24H19NO3S. The third kappa shape index (κ3) is 3.91. The van der Waals surface area contributed by atoms with Crippen LogP contribution in [0.5, 0.6) is 0 Å². The van der Waals surface area contributed by atoms with Crippen molar-refractivity contribution >= 4 is 33.4 Å². The molecular weight excluding hydrogens is 382 g/mol. The molecule has 0 spiro atoms. The molecule has 1 unspecified atom stereocenters. The van der Waals surface area contributed by atoms with Crippen molar-refractivity contribution in [2.45, 2.75) is 11.8 Å². The van der Waals surface area contributed by atoms with Crippen molar-refractivity contribution in [2.75, 3.05) is 4.72 Å². The SMILES string of the molecule is Cc1ccc(S(=O)Nc2ccc(-c3cccc(C(=O)O)c3)c3ccccc23)cc1. The van der Waals surface area contributed by atoms with Crippen molar-refractivity contribution in [2.24, 2.45) is 0 Å². The number of anilines is 1. The molecule has 0 saturated heterocycles. The Kier molecular flexibility index (Phi) is 5.14. The summed E-state index contributed by atoms with van der Waals surface area (Å²) in [6.45, 7) is 1.99. The summed E-state index contributed by atoms with van der Waals surface area (Å²) >= 11 is 0. The second kappa shape index (κ2) is 7.89. The Balaban J connectivity index is 1.76. The number of aryl methyl sites for hydroxylation is 1. The largest absolute Gasteiger partial charge is 0.478 e. The zero-order valence-corrected chi connectivity index (χ0v) is 16.6. The van der Waals surface area contributed by atoms with Gasteiger partial charge in [0.15, 0.2) is 0 Å². The molecule has 0 amide bonds. The predicted molar refractivity (Wildman–Crippen MR) is 118 cm³/mol. The maximum atomic E-state index is 12.8. The standard InChI is InChI=1S/C24H19NO3S/c1-16-9-11-19(12-10-16)29(28)25-23-14-13-20(21-7-2-3-8-22(21)23)17-5-4-6-18(15-17)24(26)27/h2-15,25H,1H3,(H,26,27). The lowest BCUT2D eigenvalue weighted by Gasteiger charge is -2.13. The predicted octanol–water partition coefficient (Wildman–Crippen LogP) is 5.65. The van der Waals surface area contributed by atoms with Crippen LogP contribution in [0.15, 0.2) is 89.8 Å². The number of fused-ring (bicyclic) bond motifs is 1. The monoisotopic (exact) mass is 401 g/mol. The van der Waals surface area contributed by atoms with Crippen molar-refractivity contribution in [3.05, 3.63) is 96.1 Å². The van der Waals surface area contributed by atoms with Gasteiger partial charge in [0, 0.05) is 5.39 Å². The lowest BCUT2D eigenvalue weighted by atomic mass is 9.96. The quantitative estimate of drug-likeness (QED) is 0.454. The topological polar surface area (TPSA) is 66.4 Å². The number of rotatable bonds is 5. The van der Waals surface area contributed by atoms with Crippen molar-refractivity contribution in [3.8, 4) is 11.1 Å². The lowest BCUT2D eigenvalue weighted by Crippen LogP contribution is -2.05. The molecule has 0 bridgehead atoms. The molecule has 4 aromatic rings. The Labute approximate surface area is 171 Å². The first-order valence-electron chi connectivity index (χ1n) is 9.13. The summed E-state index contributed by atoms with van der Waals surface area (Å²) in [5.74, 6) is -0.956. The van der Waals surface area contributed by atoms with Crippen LogP contribution < -0.4 is 4.72 Å². The van der Waals surface area contributed by atoms with Crippen LogP contribution in [0.3, 0.4) is 0 Å². The van der Waals surface area contributed by atoms with Crippen LogP contribution in [0.25, 0.3) is 21.9 Å².